The summed E-state index contributed by atoms with van der Waals surface area (Å²) in [5, 5.41) is -0.529. The Morgan fingerprint density at radius 2 is 1.63 bits per heavy atom. The molecule has 0 spiro atoms. The molecule has 154 valence electrons. The van der Waals surface area contributed by atoms with Crippen molar-refractivity contribution in [1.29, 1.82) is 0 Å². The Morgan fingerprint density at radius 1 is 1.15 bits per heavy atom. The molecule has 0 aliphatic heterocycles. The number of thioether (sulfide) groups is 1. The Balaban J connectivity index is 1.87. The quantitative estimate of drug-likeness (QED) is 0.496. The van der Waals surface area contributed by atoms with Gasteiger partial charge in [0.15, 0.2) is 5.12 Å². The van der Waals surface area contributed by atoms with Crippen LogP contribution in [0.2, 0.25) is 0 Å². The van der Waals surface area contributed by atoms with Crippen molar-refractivity contribution >= 4 is 33.0 Å². The standard InChI is InChI=1S/C19H30O6S2/c1-12(2)25-17(21)19(26-13(3)20,27(22,23)24)5-4-18-9-14-6-15(10-18)8-16(7-14)11-18/h12,14-16H,4-11H2,1-3H3,(H,22,23,24). The van der Waals surface area contributed by atoms with Crippen molar-refractivity contribution in [3.63, 3.8) is 0 Å². The fourth-order valence-corrected chi connectivity index (χ4v) is 8.24. The Labute approximate surface area is 165 Å². The monoisotopic (exact) mass is 418 g/mol. The predicted molar refractivity (Wildman–Crippen MR) is 104 cm³/mol. The molecular weight excluding hydrogens is 388 g/mol. The maximum atomic E-state index is 12.7. The van der Waals surface area contributed by atoms with E-state index in [9.17, 15) is 22.6 Å². The number of carbonyl (C=O) groups excluding carboxylic acids is 2. The largest absolute Gasteiger partial charge is 0.461 e. The number of carbonyl (C=O) groups is 2. The van der Waals surface area contributed by atoms with Crippen LogP contribution in [-0.4, -0.2) is 34.2 Å². The molecular formula is C19H30O6S2. The zero-order chi connectivity index (χ0) is 20.0. The fourth-order valence-electron chi connectivity index (χ4n) is 6.04. The second kappa shape index (κ2) is 7.34. The molecule has 4 bridgehead atoms. The van der Waals surface area contributed by atoms with Crippen LogP contribution in [0.1, 0.15) is 72.1 Å². The molecule has 1 N–H and O–H groups in total. The van der Waals surface area contributed by atoms with Gasteiger partial charge >= 0.3 is 5.97 Å². The molecule has 4 aliphatic rings. The summed E-state index contributed by atoms with van der Waals surface area (Å²) in [6.45, 7) is 4.44. The van der Waals surface area contributed by atoms with Crippen LogP contribution in [0.4, 0.5) is 0 Å². The number of hydrogen-bond donors (Lipinski definition) is 1. The summed E-state index contributed by atoms with van der Waals surface area (Å²) in [6.07, 6.45) is 6.86. The van der Waals surface area contributed by atoms with Crippen LogP contribution >= 0.6 is 11.8 Å². The second-order valence-electron chi connectivity index (χ2n) is 9.19. The molecule has 0 saturated heterocycles. The van der Waals surface area contributed by atoms with Crippen molar-refractivity contribution in [1.82, 2.24) is 0 Å². The lowest BCUT2D eigenvalue weighted by Crippen LogP contribution is -2.50. The van der Waals surface area contributed by atoms with Crippen LogP contribution in [0.25, 0.3) is 0 Å². The lowest BCUT2D eigenvalue weighted by molar-refractivity contribution is -0.148. The van der Waals surface area contributed by atoms with Gasteiger partial charge in [-0.3, -0.25) is 9.35 Å². The van der Waals surface area contributed by atoms with E-state index in [0.29, 0.717) is 35.9 Å². The highest BCUT2D eigenvalue weighted by Crippen LogP contribution is 2.62. The molecule has 0 aromatic heterocycles. The van der Waals surface area contributed by atoms with E-state index >= 15 is 0 Å². The van der Waals surface area contributed by atoms with E-state index in [2.05, 4.69) is 0 Å². The van der Waals surface area contributed by atoms with Gasteiger partial charge in [-0.25, -0.2) is 4.79 Å². The molecule has 4 rings (SSSR count). The van der Waals surface area contributed by atoms with Gasteiger partial charge in [0.1, 0.15) is 0 Å². The van der Waals surface area contributed by atoms with Crippen LogP contribution in [0, 0.1) is 23.2 Å². The van der Waals surface area contributed by atoms with Gasteiger partial charge in [0, 0.05) is 6.92 Å². The minimum atomic E-state index is -4.83. The molecule has 27 heavy (non-hydrogen) atoms. The third kappa shape index (κ3) is 4.22. The average molecular weight is 419 g/mol. The van der Waals surface area contributed by atoms with Gasteiger partial charge < -0.3 is 4.74 Å². The Hall–Kier alpha value is -0.600. The third-order valence-electron chi connectivity index (χ3n) is 6.53. The molecule has 1 unspecified atom stereocenters. The molecule has 4 fully saturated rings. The fraction of sp³-hybridized carbons (Fsp3) is 0.895. The molecule has 0 amide bonds. The SMILES string of the molecule is CC(=O)SC(CCC12CC3CC(CC(C3)C1)C2)(C(=O)OC(C)C)S(=O)(=O)O. The smallest absolute Gasteiger partial charge is 0.341 e. The van der Waals surface area contributed by atoms with Gasteiger partial charge in [-0.2, -0.15) is 8.42 Å². The highest BCUT2D eigenvalue weighted by molar-refractivity contribution is 8.23. The highest BCUT2D eigenvalue weighted by Gasteiger charge is 2.57. The van der Waals surface area contributed by atoms with E-state index in [1.54, 1.807) is 13.8 Å². The van der Waals surface area contributed by atoms with Gasteiger partial charge in [-0.05, 0) is 88.4 Å². The molecule has 8 heteroatoms. The third-order valence-corrected chi connectivity index (χ3v) is 9.60. The summed E-state index contributed by atoms with van der Waals surface area (Å²) >= 11 is 0.381. The van der Waals surface area contributed by atoms with Crippen LogP contribution in [0.15, 0.2) is 0 Å². The molecule has 6 nitrogen and oxygen atoms in total. The summed E-state index contributed by atoms with van der Waals surface area (Å²) in [6, 6.07) is 0. The molecule has 1 atom stereocenters. The van der Waals surface area contributed by atoms with Crippen LogP contribution in [0.5, 0.6) is 0 Å². The van der Waals surface area contributed by atoms with Crippen LogP contribution in [0.3, 0.4) is 0 Å². The van der Waals surface area contributed by atoms with Gasteiger partial charge in [0.05, 0.1) is 6.10 Å². The highest BCUT2D eigenvalue weighted by atomic mass is 32.3. The van der Waals surface area contributed by atoms with Gasteiger partial charge in [0.25, 0.3) is 10.1 Å². The zero-order valence-corrected chi connectivity index (χ0v) is 17.9. The summed E-state index contributed by atoms with van der Waals surface area (Å²) in [5.74, 6) is 1.04. The van der Waals surface area contributed by atoms with Gasteiger partial charge in [-0.15, -0.1) is 0 Å². The zero-order valence-electron chi connectivity index (χ0n) is 16.3. The van der Waals surface area contributed by atoms with Gasteiger partial charge in [0.2, 0.25) is 4.08 Å². The van der Waals surface area contributed by atoms with Crippen LogP contribution in [-0.2, 0) is 24.4 Å². The Morgan fingerprint density at radius 3 is 2.00 bits per heavy atom. The summed E-state index contributed by atoms with van der Waals surface area (Å²) < 4.78 is 37.5. The van der Waals surface area contributed by atoms with Crippen molar-refractivity contribution in [3.8, 4) is 0 Å². The minimum absolute atomic E-state index is 0.0279. The van der Waals surface area contributed by atoms with E-state index in [1.807, 2.05) is 0 Å². The lowest BCUT2D eigenvalue weighted by Gasteiger charge is -2.57. The van der Waals surface area contributed by atoms with Crippen LogP contribution < -0.4 is 0 Å². The van der Waals surface area contributed by atoms with E-state index in [4.69, 9.17) is 4.74 Å². The molecule has 4 aliphatic carbocycles. The molecule has 0 aromatic rings. The minimum Gasteiger partial charge on any atom is -0.461 e. The van der Waals surface area contributed by atoms with E-state index in [1.165, 1.54) is 26.2 Å². The number of hydrogen-bond acceptors (Lipinski definition) is 6. The van der Waals surface area contributed by atoms with E-state index < -0.39 is 31.4 Å². The van der Waals surface area contributed by atoms with E-state index in [0.717, 1.165) is 19.3 Å². The number of rotatable bonds is 7. The first-order chi connectivity index (χ1) is 12.4. The topological polar surface area (TPSA) is 97.7 Å². The molecule has 0 heterocycles. The normalized spacial score (nSPS) is 34.5. The van der Waals surface area contributed by atoms with Crippen molar-refractivity contribution in [3.05, 3.63) is 0 Å². The maximum Gasteiger partial charge on any atom is 0.341 e. The summed E-state index contributed by atoms with van der Waals surface area (Å²) in [4.78, 5) is 24.5. The first kappa shape index (κ1) is 21.1. The molecule has 4 saturated carbocycles. The predicted octanol–water partition coefficient (Wildman–Crippen LogP) is 3.80. The van der Waals surface area contributed by atoms with Crippen molar-refractivity contribution in [2.24, 2.45) is 23.2 Å². The molecule has 0 aromatic carbocycles. The average Bonchev–Trinajstić information content (AvgIpc) is 2.47. The second-order valence-corrected chi connectivity index (χ2v) is 12.6. The number of esters is 1. The Kier molecular flexibility index (Phi) is 5.74. The lowest BCUT2D eigenvalue weighted by atomic mass is 9.48. The number of ether oxygens (including phenoxy) is 1. The van der Waals surface area contributed by atoms with E-state index in [-0.39, 0.29) is 11.8 Å². The van der Waals surface area contributed by atoms with Crippen molar-refractivity contribution in [2.45, 2.75) is 82.3 Å². The molecule has 0 radical (unpaired) electrons. The van der Waals surface area contributed by atoms with Gasteiger partial charge in [-0.1, -0.05) is 11.8 Å². The van der Waals surface area contributed by atoms with Crippen molar-refractivity contribution in [2.75, 3.05) is 0 Å². The summed E-state index contributed by atoms with van der Waals surface area (Å²) in [5.41, 5.74) is 0.0279. The maximum absolute atomic E-state index is 12.7. The first-order valence-electron chi connectivity index (χ1n) is 9.82. The first-order valence-corrected chi connectivity index (χ1v) is 12.1. The van der Waals surface area contributed by atoms with Crippen molar-refractivity contribution < 1.29 is 27.3 Å². The summed E-state index contributed by atoms with van der Waals surface area (Å²) in [7, 11) is -4.83. The Bertz CT molecular complexity index is 678.